The highest BCUT2D eigenvalue weighted by molar-refractivity contribution is 5.85. The van der Waals surface area contributed by atoms with Crippen LogP contribution in [0.4, 0.5) is 0 Å². The average Bonchev–Trinajstić information content (AvgIpc) is 2.08. The monoisotopic (exact) mass is 197 g/mol. The number of benzene rings is 1. The predicted octanol–water partition coefficient (Wildman–Crippen LogP) is 2.91. The fourth-order valence-electron chi connectivity index (χ4n) is 1.11. The minimum Gasteiger partial charge on any atom is -0.321 e. The lowest BCUT2D eigenvalue weighted by Gasteiger charge is -2.08. The molecule has 0 saturated carbocycles. The van der Waals surface area contributed by atoms with E-state index in [1.165, 1.54) is 11.1 Å². The summed E-state index contributed by atoms with van der Waals surface area (Å²) in [5, 5.41) is 0. The standard InChI is InChI=1S/C11H15N.ClH/c1-4-11(12)10-6-5-8(2)9(3)7-10;/h4-7,11H,1,12H2,2-3H3;1H/t11-;/m1./s1. The second-order valence-electron chi connectivity index (χ2n) is 3.11. The third-order valence-electron chi connectivity index (χ3n) is 2.17. The van der Waals surface area contributed by atoms with Gasteiger partial charge in [-0.2, -0.15) is 0 Å². The first-order valence-electron chi connectivity index (χ1n) is 4.10. The van der Waals surface area contributed by atoms with Gasteiger partial charge in [-0.3, -0.25) is 0 Å². The molecular formula is C11H16ClN. The largest absolute Gasteiger partial charge is 0.321 e. The minimum absolute atomic E-state index is 0. The third-order valence-corrected chi connectivity index (χ3v) is 2.17. The van der Waals surface area contributed by atoms with E-state index in [4.69, 9.17) is 5.73 Å². The van der Waals surface area contributed by atoms with Crippen LogP contribution in [0.3, 0.4) is 0 Å². The van der Waals surface area contributed by atoms with Crippen molar-refractivity contribution in [3.05, 3.63) is 47.5 Å². The number of halogens is 1. The van der Waals surface area contributed by atoms with Crippen molar-refractivity contribution in [2.24, 2.45) is 5.73 Å². The van der Waals surface area contributed by atoms with Crippen LogP contribution in [0.2, 0.25) is 0 Å². The molecule has 0 saturated heterocycles. The highest BCUT2D eigenvalue weighted by Gasteiger charge is 2.01. The molecule has 0 unspecified atom stereocenters. The van der Waals surface area contributed by atoms with Gasteiger partial charge in [-0.05, 0) is 30.5 Å². The predicted molar refractivity (Wildman–Crippen MR) is 60.3 cm³/mol. The summed E-state index contributed by atoms with van der Waals surface area (Å²) in [7, 11) is 0. The smallest absolute Gasteiger partial charge is 0.0478 e. The second-order valence-corrected chi connectivity index (χ2v) is 3.11. The van der Waals surface area contributed by atoms with E-state index in [2.05, 4.69) is 38.6 Å². The summed E-state index contributed by atoms with van der Waals surface area (Å²) >= 11 is 0. The van der Waals surface area contributed by atoms with E-state index in [0.29, 0.717) is 0 Å². The van der Waals surface area contributed by atoms with Crippen LogP contribution in [-0.4, -0.2) is 0 Å². The Morgan fingerprint density at radius 3 is 2.38 bits per heavy atom. The van der Waals surface area contributed by atoms with E-state index in [1.807, 2.05) is 0 Å². The fraction of sp³-hybridized carbons (Fsp3) is 0.273. The van der Waals surface area contributed by atoms with Crippen molar-refractivity contribution in [1.82, 2.24) is 0 Å². The Bertz CT molecular complexity index is 294. The summed E-state index contributed by atoms with van der Waals surface area (Å²) in [5.41, 5.74) is 9.51. The first kappa shape index (κ1) is 12.2. The molecule has 0 aliphatic carbocycles. The maximum Gasteiger partial charge on any atom is 0.0478 e. The van der Waals surface area contributed by atoms with Crippen molar-refractivity contribution in [3.63, 3.8) is 0 Å². The van der Waals surface area contributed by atoms with Gasteiger partial charge in [-0.1, -0.05) is 24.3 Å². The maximum atomic E-state index is 5.80. The van der Waals surface area contributed by atoms with Crippen molar-refractivity contribution >= 4 is 12.4 Å². The number of rotatable bonds is 2. The van der Waals surface area contributed by atoms with Crippen LogP contribution < -0.4 is 5.73 Å². The molecular weight excluding hydrogens is 182 g/mol. The normalized spacial score (nSPS) is 11.6. The molecule has 2 heteroatoms. The zero-order chi connectivity index (χ0) is 9.14. The number of nitrogens with two attached hydrogens (primary N) is 1. The first-order valence-corrected chi connectivity index (χ1v) is 4.10. The van der Waals surface area contributed by atoms with Gasteiger partial charge >= 0.3 is 0 Å². The molecule has 1 aromatic carbocycles. The first-order chi connectivity index (χ1) is 5.65. The number of hydrogen-bond donors (Lipinski definition) is 1. The van der Waals surface area contributed by atoms with Gasteiger partial charge in [0, 0.05) is 6.04 Å². The van der Waals surface area contributed by atoms with Crippen LogP contribution in [0, 0.1) is 13.8 Å². The third kappa shape index (κ3) is 2.87. The Kier molecular flexibility index (Phi) is 4.74. The summed E-state index contributed by atoms with van der Waals surface area (Å²) in [5.74, 6) is 0. The lowest BCUT2D eigenvalue weighted by molar-refractivity contribution is 0.911. The molecule has 2 N–H and O–H groups in total. The summed E-state index contributed by atoms with van der Waals surface area (Å²) < 4.78 is 0. The van der Waals surface area contributed by atoms with Crippen molar-refractivity contribution in [1.29, 1.82) is 0 Å². The van der Waals surface area contributed by atoms with E-state index in [-0.39, 0.29) is 18.4 Å². The molecule has 0 amide bonds. The highest BCUT2D eigenvalue weighted by Crippen LogP contribution is 2.15. The lowest BCUT2D eigenvalue weighted by atomic mass is 10.0. The summed E-state index contributed by atoms with van der Waals surface area (Å²) in [6, 6.07) is 6.22. The van der Waals surface area contributed by atoms with Gasteiger partial charge in [0.05, 0.1) is 0 Å². The van der Waals surface area contributed by atoms with Gasteiger partial charge in [-0.25, -0.2) is 0 Å². The molecule has 1 nitrogen and oxygen atoms in total. The Hall–Kier alpha value is -0.790. The fourth-order valence-corrected chi connectivity index (χ4v) is 1.11. The molecule has 0 radical (unpaired) electrons. The van der Waals surface area contributed by atoms with Crippen LogP contribution in [-0.2, 0) is 0 Å². The van der Waals surface area contributed by atoms with E-state index >= 15 is 0 Å². The molecule has 1 atom stereocenters. The Labute approximate surface area is 86.1 Å². The molecule has 0 aliphatic rings. The van der Waals surface area contributed by atoms with Crippen LogP contribution in [0.25, 0.3) is 0 Å². The van der Waals surface area contributed by atoms with E-state index < -0.39 is 0 Å². The number of aryl methyl sites for hydroxylation is 2. The topological polar surface area (TPSA) is 26.0 Å². The highest BCUT2D eigenvalue weighted by atomic mass is 35.5. The van der Waals surface area contributed by atoms with Gasteiger partial charge in [-0.15, -0.1) is 19.0 Å². The summed E-state index contributed by atoms with van der Waals surface area (Å²) in [6.45, 7) is 7.85. The lowest BCUT2D eigenvalue weighted by Crippen LogP contribution is -2.06. The molecule has 0 aromatic heterocycles. The van der Waals surface area contributed by atoms with Crippen LogP contribution in [0.5, 0.6) is 0 Å². The van der Waals surface area contributed by atoms with Gasteiger partial charge in [0.25, 0.3) is 0 Å². The molecule has 13 heavy (non-hydrogen) atoms. The quantitative estimate of drug-likeness (QED) is 0.725. The SMILES string of the molecule is C=C[C@@H](N)c1ccc(C)c(C)c1.Cl. The van der Waals surface area contributed by atoms with Gasteiger partial charge in [0.1, 0.15) is 0 Å². The van der Waals surface area contributed by atoms with Crippen molar-refractivity contribution in [3.8, 4) is 0 Å². The molecule has 0 heterocycles. The second kappa shape index (κ2) is 5.05. The summed E-state index contributed by atoms with van der Waals surface area (Å²) in [4.78, 5) is 0. The number of hydrogen-bond acceptors (Lipinski definition) is 1. The molecule has 0 spiro atoms. The van der Waals surface area contributed by atoms with Gasteiger partial charge in [0.2, 0.25) is 0 Å². The van der Waals surface area contributed by atoms with E-state index in [9.17, 15) is 0 Å². The Morgan fingerprint density at radius 2 is 1.92 bits per heavy atom. The summed E-state index contributed by atoms with van der Waals surface area (Å²) in [6.07, 6.45) is 1.75. The van der Waals surface area contributed by atoms with Crippen molar-refractivity contribution in [2.45, 2.75) is 19.9 Å². The minimum atomic E-state index is -0.0377. The molecule has 0 fully saturated rings. The van der Waals surface area contributed by atoms with Crippen LogP contribution in [0.1, 0.15) is 22.7 Å². The van der Waals surface area contributed by atoms with E-state index in [0.717, 1.165) is 5.56 Å². The van der Waals surface area contributed by atoms with Gasteiger partial charge in [0.15, 0.2) is 0 Å². The van der Waals surface area contributed by atoms with Crippen LogP contribution in [0.15, 0.2) is 30.9 Å². The van der Waals surface area contributed by atoms with Gasteiger partial charge < -0.3 is 5.73 Å². The average molecular weight is 198 g/mol. The molecule has 72 valence electrons. The van der Waals surface area contributed by atoms with Crippen molar-refractivity contribution < 1.29 is 0 Å². The van der Waals surface area contributed by atoms with E-state index in [1.54, 1.807) is 6.08 Å². The molecule has 0 bridgehead atoms. The molecule has 1 rings (SSSR count). The van der Waals surface area contributed by atoms with Crippen LogP contribution >= 0.6 is 12.4 Å². The van der Waals surface area contributed by atoms with Crippen molar-refractivity contribution in [2.75, 3.05) is 0 Å². The maximum absolute atomic E-state index is 5.80. The molecule has 0 aliphatic heterocycles. The zero-order valence-corrected chi connectivity index (χ0v) is 8.90. The molecule has 1 aromatic rings. The Morgan fingerprint density at radius 1 is 1.31 bits per heavy atom. The zero-order valence-electron chi connectivity index (χ0n) is 8.08. The Balaban J connectivity index is 0.00000144.